The lowest BCUT2D eigenvalue weighted by Crippen LogP contribution is -1.99. The lowest BCUT2D eigenvalue weighted by Gasteiger charge is -1.93. The Morgan fingerprint density at radius 3 is 2.44 bits per heavy atom. The third-order valence-corrected chi connectivity index (χ3v) is 1.75. The molecular weight excluding hydrogens is 140 g/mol. The first-order chi connectivity index (χ1) is 4.12. The zero-order valence-electron chi connectivity index (χ0n) is 5.49. The first-order valence-electron chi connectivity index (χ1n) is 2.64. The molecule has 0 aliphatic rings. The van der Waals surface area contributed by atoms with Gasteiger partial charge < -0.3 is 0 Å². The fourth-order valence-corrected chi connectivity index (χ4v) is 1.11. The topological polar surface area (TPSA) is 43.4 Å². The Morgan fingerprint density at radius 1 is 1.56 bits per heavy atom. The molecule has 0 atom stereocenters. The molecule has 4 heteroatoms. The smallest absolute Gasteiger partial charge is 0.267 e. The highest BCUT2D eigenvalue weighted by Gasteiger charge is 2.00. The van der Waals surface area contributed by atoms with Gasteiger partial charge in [0.25, 0.3) is 10.1 Å². The molecule has 0 radical (unpaired) electrons. The Kier molecular flexibility index (Phi) is 3.49. The molecule has 0 saturated heterocycles. The number of hydrogen-bond donors (Lipinski definition) is 0. The van der Waals surface area contributed by atoms with E-state index in [0.29, 0.717) is 0 Å². The summed E-state index contributed by atoms with van der Waals surface area (Å²) in [5.41, 5.74) is 0. The third-order valence-electron chi connectivity index (χ3n) is 0.585. The van der Waals surface area contributed by atoms with Crippen LogP contribution < -0.4 is 0 Å². The fraction of sp³-hybridized carbons (Fsp3) is 0.600. The minimum absolute atomic E-state index is 0.187. The van der Waals surface area contributed by atoms with Crippen LogP contribution in [0.3, 0.4) is 0 Å². The SMILES string of the molecule is C/C=C\S(=O)(=O)OCC. The molecule has 0 unspecified atom stereocenters. The summed E-state index contributed by atoms with van der Waals surface area (Å²) >= 11 is 0. The molecule has 0 aliphatic carbocycles. The highest BCUT2D eigenvalue weighted by molar-refractivity contribution is 7.89. The van der Waals surface area contributed by atoms with Crippen LogP contribution in [0.1, 0.15) is 13.8 Å². The lowest BCUT2D eigenvalue weighted by molar-refractivity contribution is 0.345. The Hall–Kier alpha value is -0.350. The Labute approximate surface area is 55.5 Å². The minimum Gasteiger partial charge on any atom is -0.267 e. The van der Waals surface area contributed by atoms with Crippen molar-refractivity contribution < 1.29 is 12.6 Å². The van der Waals surface area contributed by atoms with Gasteiger partial charge in [-0.2, -0.15) is 8.42 Å². The van der Waals surface area contributed by atoms with E-state index in [1.165, 1.54) is 6.08 Å². The van der Waals surface area contributed by atoms with Crippen LogP contribution in [0, 0.1) is 0 Å². The van der Waals surface area contributed by atoms with Gasteiger partial charge in [0.15, 0.2) is 0 Å². The summed E-state index contributed by atoms with van der Waals surface area (Å²) in [5, 5.41) is 1.02. The van der Waals surface area contributed by atoms with Gasteiger partial charge in [0, 0.05) is 0 Å². The van der Waals surface area contributed by atoms with E-state index in [0.717, 1.165) is 5.41 Å². The summed E-state index contributed by atoms with van der Waals surface area (Å²) in [6.45, 7) is 3.43. The van der Waals surface area contributed by atoms with Gasteiger partial charge >= 0.3 is 0 Å². The molecule has 0 aromatic heterocycles. The van der Waals surface area contributed by atoms with Gasteiger partial charge in [-0.1, -0.05) is 6.08 Å². The molecular formula is C5H10O3S. The first-order valence-corrected chi connectivity index (χ1v) is 4.11. The standard InChI is InChI=1S/C5H10O3S/c1-3-5-9(6,7)8-4-2/h3,5H,4H2,1-2H3/b5-3-. The molecule has 0 aromatic rings. The Balaban J connectivity index is 4.05. The minimum atomic E-state index is -3.36. The summed E-state index contributed by atoms with van der Waals surface area (Å²) in [5.74, 6) is 0. The summed E-state index contributed by atoms with van der Waals surface area (Å²) in [4.78, 5) is 0. The van der Waals surface area contributed by atoms with Gasteiger partial charge in [0.2, 0.25) is 0 Å². The van der Waals surface area contributed by atoms with E-state index in [-0.39, 0.29) is 6.61 Å². The largest absolute Gasteiger partial charge is 0.289 e. The Morgan fingerprint density at radius 2 is 2.11 bits per heavy atom. The van der Waals surface area contributed by atoms with E-state index >= 15 is 0 Å². The van der Waals surface area contributed by atoms with Crippen LogP contribution in [0.5, 0.6) is 0 Å². The second kappa shape index (κ2) is 3.63. The maximum atomic E-state index is 10.5. The van der Waals surface area contributed by atoms with Gasteiger partial charge in [0.05, 0.1) is 12.0 Å². The van der Waals surface area contributed by atoms with Crippen molar-refractivity contribution in [1.82, 2.24) is 0 Å². The van der Waals surface area contributed by atoms with Crippen LogP contribution in [-0.2, 0) is 14.3 Å². The van der Waals surface area contributed by atoms with Crippen molar-refractivity contribution in [3.63, 3.8) is 0 Å². The average molecular weight is 150 g/mol. The van der Waals surface area contributed by atoms with Crippen LogP contribution in [0.15, 0.2) is 11.5 Å². The van der Waals surface area contributed by atoms with Crippen molar-refractivity contribution in [3.05, 3.63) is 11.5 Å². The molecule has 0 N–H and O–H groups in total. The van der Waals surface area contributed by atoms with Gasteiger partial charge in [-0.25, -0.2) is 0 Å². The molecule has 0 aromatic carbocycles. The monoisotopic (exact) mass is 150 g/mol. The van der Waals surface area contributed by atoms with E-state index in [4.69, 9.17) is 0 Å². The zero-order valence-corrected chi connectivity index (χ0v) is 6.31. The van der Waals surface area contributed by atoms with Crippen LogP contribution in [-0.4, -0.2) is 15.0 Å². The van der Waals surface area contributed by atoms with Crippen molar-refractivity contribution in [1.29, 1.82) is 0 Å². The normalized spacial score (nSPS) is 12.7. The van der Waals surface area contributed by atoms with Gasteiger partial charge in [-0.05, 0) is 13.8 Å². The molecule has 0 saturated carbocycles. The fourth-order valence-electron chi connectivity index (χ4n) is 0.370. The van der Waals surface area contributed by atoms with Crippen molar-refractivity contribution in [2.24, 2.45) is 0 Å². The van der Waals surface area contributed by atoms with Crippen LogP contribution in [0.25, 0.3) is 0 Å². The average Bonchev–Trinajstić information content (AvgIpc) is 1.64. The number of hydrogen-bond acceptors (Lipinski definition) is 3. The maximum Gasteiger partial charge on any atom is 0.289 e. The second-order valence-corrected chi connectivity index (χ2v) is 2.86. The Bertz CT molecular complexity index is 178. The summed E-state index contributed by atoms with van der Waals surface area (Å²) in [6, 6.07) is 0. The number of allylic oxidation sites excluding steroid dienone is 1. The molecule has 54 valence electrons. The highest BCUT2D eigenvalue weighted by Crippen LogP contribution is 1.93. The molecule has 0 bridgehead atoms. The molecule has 0 amide bonds. The van der Waals surface area contributed by atoms with E-state index in [1.807, 2.05) is 0 Å². The van der Waals surface area contributed by atoms with E-state index in [1.54, 1.807) is 13.8 Å². The molecule has 0 aliphatic heterocycles. The third kappa shape index (κ3) is 4.17. The summed E-state index contributed by atoms with van der Waals surface area (Å²) in [6.07, 6.45) is 1.42. The quantitative estimate of drug-likeness (QED) is 0.561. The predicted octanol–water partition coefficient (Wildman–Crippen LogP) is 0.886. The van der Waals surface area contributed by atoms with Crippen LogP contribution in [0.4, 0.5) is 0 Å². The van der Waals surface area contributed by atoms with Gasteiger partial charge in [-0.3, -0.25) is 4.18 Å². The van der Waals surface area contributed by atoms with Crippen LogP contribution >= 0.6 is 0 Å². The van der Waals surface area contributed by atoms with Crippen LogP contribution in [0.2, 0.25) is 0 Å². The van der Waals surface area contributed by atoms with Crippen molar-refractivity contribution in [2.75, 3.05) is 6.61 Å². The molecule has 0 spiro atoms. The van der Waals surface area contributed by atoms with E-state index < -0.39 is 10.1 Å². The summed E-state index contributed by atoms with van der Waals surface area (Å²) in [7, 11) is -3.36. The van der Waals surface area contributed by atoms with E-state index in [2.05, 4.69) is 4.18 Å². The number of rotatable bonds is 3. The summed E-state index contributed by atoms with van der Waals surface area (Å²) < 4.78 is 25.4. The first kappa shape index (κ1) is 8.65. The van der Waals surface area contributed by atoms with Gasteiger partial charge in [0.1, 0.15) is 0 Å². The zero-order chi connectivity index (χ0) is 7.33. The van der Waals surface area contributed by atoms with Crippen molar-refractivity contribution in [2.45, 2.75) is 13.8 Å². The molecule has 0 fully saturated rings. The van der Waals surface area contributed by atoms with Crippen molar-refractivity contribution >= 4 is 10.1 Å². The highest BCUT2D eigenvalue weighted by atomic mass is 32.2. The predicted molar refractivity (Wildman–Crippen MR) is 35.4 cm³/mol. The second-order valence-electron chi connectivity index (χ2n) is 1.37. The lowest BCUT2D eigenvalue weighted by atomic mass is 10.8. The molecule has 0 heterocycles. The molecule has 9 heavy (non-hydrogen) atoms. The van der Waals surface area contributed by atoms with Gasteiger partial charge in [-0.15, -0.1) is 0 Å². The molecule has 3 nitrogen and oxygen atoms in total. The maximum absolute atomic E-state index is 10.5. The van der Waals surface area contributed by atoms with E-state index in [9.17, 15) is 8.42 Å². The molecule has 0 rings (SSSR count). The van der Waals surface area contributed by atoms with Crippen molar-refractivity contribution in [3.8, 4) is 0 Å².